The number of fused-ring (bicyclic) bond motifs is 4. The largest absolute Gasteiger partial charge is 0.508 e. The number of hydrogen-bond donors (Lipinski definition) is 7. The third-order valence-corrected chi connectivity index (χ3v) is 25.5. The minimum atomic E-state index is -0.492. The number of amides is 4. The quantitative estimate of drug-likeness (QED) is 0.0449. The molecule has 4 amide bonds. The lowest BCUT2D eigenvalue weighted by molar-refractivity contribution is 0.0105. The second-order valence-corrected chi connectivity index (χ2v) is 32.4. The Kier molecular flexibility index (Phi) is 33.4. The Hall–Kier alpha value is -10.5. The van der Waals surface area contributed by atoms with Gasteiger partial charge in [-0.05, 0) is 292 Å². The highest BCUT2D eigenvalue weighted by Gasteiger charge is 2.47. The molecule has 20 nitrogen and oxygen atoms in total. The predicted octanol–water partition coefficient (Wildman–Crippen LogP) is 18.7. The van der Waals surface area contributed by atoms with Crippen molar-refractivity contribution < 1.29 is 67.0 Å². The van der Waals surface area contributed by atoms with Gasteiger partial charge in [-0.2, -0.15) is 0 Å². The summed E-state index contributed by atoms with van der Waals surface area (Å²) in [5.74, 6) is 3.42. The summed E-state index contributed by atoms with van der Waals surface area (Å²) in [5, 5.41) is 46.2. The molecule has 3 atom stereocenters. The molecule has 0 saturated carbocycles. The summed E-state index contributed by atoms with van der Waals surface area (Å²) in [7, 11) is 1.72. The average Bonchev–Trinajstić information content (AvgIpc) is 0.770. The van der Waals surface area contributed by atoms with Crippen LogP contribution in [0.2, 0.25) is 0 Å². The van der Waals surface area contributed by atoms with Gasteiger partial charge in [0.25, 0.3) is 23.6 Å². The van der Waals surface area contributed by atoms with Crippen LogP contribution in [0.1, 0.15) is 259 Å². The van der Waals surface area contributed by atoms with E-state index in [0.717, 1.165) is 180 Å². The number of para-hydroxylation sites is 1. The number of nitrogens with one attached hydrogen (secondary N) is 4. The van der Waals surface area contributed by atoms with Crippen LogP contribution in [0, 0.1) is 11.6 Å². The Morgan fingerprint density at radius 3 is 1.22 bits per heavy atom. The van der Waals surface area contributed by atoms with Crippen LogP contribution in [0.4, 0.5) is 8.78 Å². The van der Waals surface area contributed by atoms with E-state index in [9.17, 15) is 43.3 Å². The first kappa shape index (κ1) is 96.3. The van der Waals surface area contributed by atoms with E-state index in [-0.39, 0.29) is 117 Å². The molecular weight excluding hydrogens is 1560 g/mol. The summed E-state index contributed by atoms with van der Waals surface area (Å²) in [5.41, 5.74) is 8.66. The lowest BCUT2D eigenvalue weighted by Crippen LogP contribution is -2.49. The van der Waals surface area contributed by atoms with Gasteiger partial charge in [-0.25, -0.2) is 8.78 Å². The van der Waals surface area contributed by atoms with Crippen LogP contribution in [-0.2, 0) is 0 Å². The number of methoxy groups -OCH3 is 1. The zero-order valence-electron chi connectivity index (χ0n) is 70.5. The molecule has 0 aromatic heterocycles. The van der Waals surface area contributed by atoms with E-state index in [4.69, 9.17) is 23.7 Å². The van der Waals surface area contributed by atoms with Crippen molar-refractivity contribution in [3.63, 3.8) is 0 Å². The maximum absolute atomic E-state index is 14.1. The van der Waals surface area contributed by atoms with Crippen molar-refractivity contribution in [1.82, 2.24) is 40.9 Å². The standard InChI is InChI=1S/C25H32N2O3.C24H29FN2O3.C24H27FN2O3.C24H30N2O3.4CH4/c1-4-27(5-2)24(28)19-11-9-18(10-12-19)20-17-25(13-15-26-16-14-25)30-22-8-6-7-21(29-3)23(20)22;2*1-3-27(4-2)23(29)16-5-7-18(21(28)13-16)20-15-24(9-11-26-12-10-24)30-22-8-6-17(25)14-19(20)22;1-3-26(4-2)23(28)17-9-10-18(21(27)15-17)20-16-24(11-13-25-14-12-24)29-22-8-6-5-7-19(20)22;;;;/h6-12,20,26H,4-5,13-17H2,1-3H3;5-8,13-14,20,26,28H,3-4,9-12,15H2,1-2H3;5-8,13-15,26,28H,3-4,9-12H2,1-2H3;5-10,15,20,25,27H,3-4,11-14,16H2,1-2H3;4*1H4. The lowest BCUT2D eigenvalue weighted by atomic mass is 9.74. The van der Waals surface area contributed by atoms with Crippen LogP contribution >= 0.6 is 0 Å². The van der Waals surface area contributed by atoms with Crippen molar-refractivity contribution in [2.75, 3.05) is 112 Å². The molecule has 16 rings (SSSR count). The van der Waals surface area contributed by atoms with Crippen LogP contribution in [0.5, 0.6) is 46.0 Å². The molecule has 22 heteroatoms. The SMILES string of the molecule is C.C.C.C.CCN(CC)C(=O)c1ccc(C2=CC3(CCNCC3)Oc3ccc(F)cc32)c(O)c1.CCN(CC)C(=O)c1ccc(C2CC3(CCNCC3)Oc3ccc(F)cc32)c(O)c1.CCN(CC)C(=O)c1ccc(C2CC3(CCNCC3)Oc3cccc(OC)c32)cc1.CCN(CC)C(=O)c1ccc(C2CC3(CCNCC3)Oc3ccccc32)c(O)c1. The predicted molar refractivity (Wildman–Crippen MR) is 487 cm³/mol. The molecule has 0 radical (unpaired) electrons. The number of halogens is 2. The van der Waals surface area contributed by atoms with Crippen molar-refractivity contribution in [3.8, 4) is 46.0 Å². The number of ether oxygens (including phenoxy) is 5. The van der Waals surface area contributed by atoms with E-state index in [1.165, 1.54) is 35.9 Å². The normalized spacial score (nSPS) is 18.5. The summed E-state index contributed by atoms with van der Waals surface area (Å²) in [6.07, 6.45) is 11.6. The molecule has 8 heterocycles. The molecule has 4 spiro atoms. The van der Waals surface area contributed by atoms with E-state index in [0.29, 0.717) is 90.6 Å². The smallest absolute Gasteiger partial charge is 0.253 e. The van der Waals surface area contributed by atoms with Gasteiger partial charge >= 0.3 is 0 Å². The zero-order chi connectivity index (χ0) is 84.2. The van der Waals surface area contributed by atoms with Crippen molar-refractivity contribution in [2.45, 2.75) is 196 Å². The van der Waals surface area contributed by atoms with Gasteiger partial charge in [0.15, 0.2) is 0 Å². The number of hydrogen-bond acceptors (Lipinski definition) is 16. The van der Waals surface area contributed by atoms with Gasteiger partial charge < -0.3 is 79.9 Å². The van der Waals surface area contributed by atoms with E-state index in [1.807, 2.05) is 127 Å². The lowest BCUT2D eigenvalue weighted by Gasteiger charge is -2.45. The van der Waals surface area contributed by atoms with E-state index >= 15 is 0 Å². The number of benzene rings is 8. The first-order chi connectivity index (χ1) is 57.6. The van der Waals surface area contributed by atoms with Crippen LogP contribution in [0.25, 0.3) is 5.57 Å². The average molecular weight is 1690 g/mol. The highest BCUT2D eigenvalue weighted by Crippen LogP contribution is 2.54. The van der Waals surface area contributed by atoms with E-state index in [1.54, 1.807) is 64.3 Å². The number of nitrogens with zero attached hydrogens (tertiary/aromatic N) is 4. The molecule has 7 N–H and O–H groups in total. The molecule has 123 heavy (non-hydrogen) atoms. The number of phenols is 3. The molecule has 8 aliphatic rings. The molecule has 4 fully saturated rings. The van der Waals surface area contributed by atoms with Crippen molar-refractivity contribution >= 4 is 29.2 Å². The number of carbonyl (C=O) groups excluding carboxylic acids is 4. The number of aromatic hydroxyl groups is 3. The first-order valence-corrected chi connectivity index (χ1v) is 43.0. The van der Waals surface area contributed by atoms with Crippen LogP contribution < -0.4 is 45.0 Å². The molecule has 8 aromatic carbocycles. The third kappa shape index (κ3) is 21.1. The van der Waals surface area contributed by atoms with Gasteiger partial charge in [-0.1, -0.05) is 78.2 Å². The van der Waals surface area contributed by atoms with Crippen molar-refractivity contribution in [2.24, 2.45) is 0 Å². The molecule has 664 valence electrons. The van der Waals surface area contributed by atoms with Gasteiger partial charge in [-0.3, -0.25) is 19.2 Å². The summed E-state index contributed by atoms with van der Waals surface area (Å²) < 4.78 is 59.6. The first-order valence-electron chi connectivity index (χ1n) is 43.0. The Morgan fingerprint density at radius 1 is 0.382 bits per heavy atom. The van der Waals surface area contributed by atoms with Crippen LogP contribution in [-0.4, -0.2) is 193 Å². The zero-order valence-corrected chi connectivity index (χ0v) is 70.5. The van der Waals surface area contributed by atoms with Crippen LogP contribution in [0.3, 0.4) is 0 Å². The minimum absolute atomic E-state index is 0. The Bertz CT molecular complexity index is 4920. The number of rotatable bonds is 17. The molecule has 0 aliphatic carbocycles. The summed E-state index contributed by atoms with van der Waals surface area (Å²) in [6.45, 7) is 28.1. The van der Waals surface area contributed by atoms with Crippen LogP contribution in [0.15, 0.2) is 164 Å². The van der Waals surface area contributed by atoms with Gasteiger partial charge in [0, 0.05) is 144 Å². The number of carbonyl (C=O) groups is 4. The Balaban J connectivity index is 0.000000184. The maximum atomic E-state index is 14.1. The Labute approximate surface area is 729 Å². The number of phenolic OH excluding ortho intramolecular Hbond substituents is 3. The van der Waals surface area contributed by atoms with E-state index < -0.39 is 5.60 Å². The molecule has 3 unspecified atom stereocenters. The van der Waals surface area contributed by atoms with Crippen molar-refractivity contribution in [3.05, 3.63) is 242 Å². The highest BCUT2D eigenvalue weighted by molar-refractivity contribution is 5.97. The molecular formula is C101H134F2N8O12. The number of piperidine rings is 4. The monoisotopic (exact) mass is 1690 g/mol. The van der Waals surface area contributed by atoms with Gasteiger partial charge in [0.05, 0.1) is 7.11 Å². The maximum Gasteiger partial charge on any atom is 0.253 e. The molecule has 4 saturated heterocycles. The fourth-order valence-electron chi connectivity index (χ4n) is 18.7. The van der Waals surface area contributed by atoms with Gasteiger partial charge in [-0.15, -0.1) is 0 Å². The second-order valence-electron chi connectivity index (χ2n) is 32.4. The Morgan fingerprint density at radius 2 is 0.764 bits per heavy atom. The third-order valence-electron chi connectivity index (χ3n) is 25.5. The second kappa shape index (κ2) is 42.7. The van der Waals surface area contributed by atoms with E-state index in [2.05, 4.69) is 45.5 Å². The summed E-state index contributed by atoms with van der Waals surface area (Å²) in [4.78, 5) is 57.8. The fourth-order valence-corrected chi connectivity index (χ4v) is 18.7. The summed E-state index contributed by atoms with van der Waals surface area (Å²) in [6, 6.07) is 46.9. The minimum Gasteiger partial charge on any atom is -0.508 e. The van der Waals surface area contributed by atoms with Gasteiger partial charge in [0.1, 0.15) is 80.0 Å². The molecule has 0 bridgehead atoms. The molecule has 8 aromatic rings. The summed E-state index contributed by atoms with van der Waals surface area (Å²) >= 11 is 0. The molecule has 8 aliphatic heterocycles. The topological polar surface area (TPSA) is 236 Å². The van der Waals surface area contributed by atoms with Crippen molar-refractivity contribution in [1.29, 1.82) is 0 Å². The van der Waals surface area contributed by atoms with Gasteiger partial charge in [0.2, 0.25) is 0 Å². The highest BCUT2D eigenvalue weighted by atomic mass is 19.1. The fraction of sp³-hybridized carbons (Fsp3) is 0.465.